The van der Waals surface area contributed by atoms with E-state index >= 15 is 0 Å². The maximum atomic E-state index is 4.09. The van der Waals surface area contributed by atoms with E-state index in [1.807, 2.05) is 50.0 Å². The van der Waals surface area contributed by atoms with Crippen LogP contribution in [-0.4, -0.2) is 58.3 Å². The van der Waals surface area contributed by atoms with Crippen molar-refractivity contribution in [2.24, 2.45) is 7.05 Å². The van der Waals surface area contributed by atoms with Crippen LogP contribution < -0.4 is 3.71 Å². The standard InChI is InChI=1S/C4H5N2.C3H9N.Sn.H/c1-6-4-2-3-5-6;1-4(2)3;;/h2,4H,1H3;1-3H3;;. The third kappa shape index (κ3) is 7.87. The molecule has 0 atom stereocenters. The molecular formula is C7H15N3Sn. The van der Waals surface area contributed by atoms with Gasteiger partial charge in [0.15, 0.2) is 0 Å². The number of rotatable bonds is 0. The number of hydrogen-bond donors (Lipinski definition) is 0. The van der Waals surface area contributed by atoms with Gasteiger partial charge >= 0.3 is 55.3 Å². The van der Waals surface area contributed by atoms with Gasteiger partial charge in [0.1, 0.15) is 0 Å². The Kier molecular flexibility index (Phi) is 5.58. The van der Waals surface area contributed by atoms with Gasteiger partial charge in [-0.25, -0.2) is 0 Å². The molecule has 2 radical (unpaired) electrons. The number of nitrogens with zero attached hydrogens (tertiary/aromatic N) is 3. The van der Waals surface area contributed by atoms with Gasteiger partial charge in [0.2, 0.25) is 0 Å². The van der Waals surface area contributed by atoms with Gasteiger partial charge in [-0.15, -0.1) is 0 Å². The molecule has 0 aliphatic heterocycles. The Morgan fingerprint density at radius 1 is 1.45 bits per heavy atom. The monoisotopic (exact) mass is 261 g/mol. The van der Waals surface area contributed by atoms with Crippen molar-refractivity contribution in [3.05, 3.63) is 12.3 Å². The first kappa shape index (κ1) is 11.0. The zero-order valence-corrected chi connectivity index (χ0v) is 10.9. The van der Waals surface area contributed by atoms with Crippen molar-refractivity contribution in [1.82, 2.24) is 14.7 Å². The van der Waals surface area contributed by atoms with E-state index in [0.29, 0.717) is 0 Å². The van der Waals surface area contributed by atoms with Crippen molar-refractivity contribution in [3.63, 3.8) is 0 Å². The van der Waals surface area contributed by atoms with Crippen molar-refractivity contribution in [3.8, 4) is 0 Å². The molecule has 0 fully saturated rings. The Labute approximate surface area is 81.5 Å². The molecule has 0 amide bonds. The summed E-state index contributed by atoms with van der Waals surface area (Å²) in [4.78, 5) is 2.00. The summed E-state index contributed by atoms with van der Waals surface area (Å²) < 4.78 is 3.02. The first-order valence-electron chi connectivity index (χ1n) is 3.38. The predicted molar refractivity (Wildman–Crippen MR) is 49.6 cm³/mol. The van der Waals surface area contributed by atoms with Gasteiger partial charge < -0.3 is 4.90 Å². The molecule has 0 aliphatic carbocycles. The van der Waals surface area contributed by atoms with Crippen molar-refractivity contribution in [1.29, 1.82) is 0 Å². The van der Waals surface area contributed by atoms with Crippen molar-refractivity contribution < 1.29 is 0 Å². The van der Waals surface area contributed by atoms with Gasteiger partial charge in [-0.2, -0.15) is 0 Å². The molecule has 3 nitrogen and oxygen atoms in total. The topological polar surface area (TPSA) is 21.1 Å². The van der Waals surface area contributed by atoms with Crippen LogP contribution in [0.3, 0.4) is 0 Å². The molecule has 0 spiro atoms. The van der Waals surface area contributed by atoms with Crippen molar-refractivity contribution >= 4 is 26.2 Å². The molecular weight excluding hydrogens is 245 g/mol. The third-order valence-electron chi connectivity index (χ3n) is 0.734. The molecule has 0 aliphatic rings. The summed E-state index contributed by atoms with van der Waals surface area (Å²) in [5, 5.41) is 4.09. The van der Waals surface area contributed by atoms with Gasteiger partial charge in [-0.05, 0) is 21.1 Å². The van der Waals surface area contributed by atoms with E-state index in [-0.39, 0.29) is 0 Å². The first-order chi connectivity index (χ1) is 5.02. The first-order valence-corrected chi connectivity index (χ1v) is 5.03. The second kappa shape index (κ2) is 5.60. The normalized spacial score (nSPS) is 9.27. The Morgan fingerprint density at radius 2 is 1.91 bits per heavy atom. The van der Waals surface area contributed by atoms with Crippen LogP contribution in [0.25, 0.3) is 0 Å². The van der Waals surface area contributed by atoms with Crippen LogP contribution in [0.15, 0.2) is 12.3 Å². The molecule has 0 saturated carbocycles. The van der Waals surface area contributed by atoms with Gasteiger partial charge in [-0.1, -0.05) is 0 Å². The molecule has 11 heavy (non-hydrogen) atoms. The van der Waals surface area contributed by atoms with Crippen molar-refractivity contribution in [2.75, 3.05) is 21.1 Å². The molecule has 0 N–H and O–H groups in total. The van der Waals surface area contributed by atoms with E-state index < -0.39 is 0 Å². The van der Waals surface area contributed by atoms with E-state index in [9.17, 15) is 0 Å². The van der Waals surface area contributed by atoms with Gasteiger partial charge in [0.25, 0.3) is 0 Å². The summed E-state index contributed by atoms with van der Waals surface area (Å²) >= 11 is 1.12. The predicted octanol–water partition coefficient (Wildman–Crippen LogP) is -0.876. The van der Waals surface area contributed by atoms with E-state index in [1.54, 1.807) is 0 Å². The minimum atomic E-state index is 1.12. The van der Waals surface area contributed by atoms with E-state index in [0.717, 1.165) is 22.5 Å². The van der Waals surface area contributed by atoms with Gasteiger partial charge in [0.05, 0.1) is 0 Å². The van der Waals surface area contributed by atoms with E-state index in [2.05, 4.69) is 5.10 Å². The van der Waals surface area contributed by atoms with Crippen LogP contribution in [0.5, 0.6) is 0 Å². The number of aromatic nitrogens is 2. The average molecular weight is 260 g/mol. The van der Waals surface area contributed by atoms with Crippen LogP contribution >= 0.6 is 0 Å². The Hall–Kier alpha value is -0.0313. The molecule has 62 valence electrons. The van der Waals surface area contributed by atoms with Crippen LogP contribution in [0.2, 0.25) is 0 Å². The average Bonchev–Trinajstić information content (AvgIpc) is 2.13. The minimum absolute atomic E-state index is 1.12. The SMILES string of the molecule is CN(C)C.Cn1cc[c]([SnH])n1. The number of hydrogen-bond acceptors (Lipinski definition) is 2. The fourth-order valence-electron chi connectivity index (χ4n) is 0.433. The second-order valence-corrected chi connectivity index (χ2v) is 4.44. The summed E-state index contributed by atoms with van der Waals surface area (Å²) in [5.74, 6) is 0. The second-order valence-electron chi connectivity index (χ2n) is 2.76. The molecule has 1 aromatic rings. The van der Waals surface area contributed by atoms with Gasteiger partial charge in [-0.3, -0.25) is 0 Å². The van der Waals surface area contributed by atoms with Crippen LogP contribution in [0.4, 0.5) is 0 Å². The Bertz CT molecular complexity index is 176. The summed E-state index contributed by atoms with van der Waals surface area (Å²) in [6, 6.07) is 2.03. The third-order valence-corrected chi connectivity index (χ3v) is 1.61. The molecule has 1 aromatic heterocycles. The molecule has 0 unspecified atom stereocenters. The molecule has 0 saturated heterocycles. The van der Waals surface area contributed by atoms with Crippen molar-refractivity contribution in [2.45, 2.75) is 0 Å². The summed E-state index contributed by atoms with van der Waals surface area (Å²) in [5.41, 5.74) is 0. The number of aryl methyl sites for hydroxylation is 1. The molecule has 0 bridgehead atoms. The molecule has 4 heteroatoms. The fourth-order valence-corrected chi connectivity index (χ4v) is 1.20. The molecule has 1 rings (SSSR count). The summed E-state index contributed by atoms with van der Waals surface area (Å²) in [6.07, 6.45) is 1.96. The zero-order valence-electron chi connectivity index (χ0n) is 7.57. The summed E-state index contributed by atoms with van der Waals surface area (Å²) in [6.45, 7) is 0. The van der Waals surface area contributed by atoms with Crippen LogP contribution in [-0.2, 0) is 7.05 Å². The van der Waals surface area contributed by atoms with E-state index in [4.69, 9.17) is 0 Å². The van der Waals surface area contributed by atoms with Crippen LogP contribution in [0.1, 0.15) is 0 Å². The maximum absolute atomic E-state index is 4.09. The summed E-state index contributed by atoms with van der Waals surface area (Å²) in [7, 11) is 7.93. The van der Waals surface area contributed by atoms with E-state index in [1.165, 1.54) is 3.71 Å². The van der Waals surface area contributed by atoms with Crippen LogP contribution in [0, 0.1) is 0 Å². The zero-order chi connectivity index (χ0) is 8.85. The molecule has 0 aromatic carbocycles. The van der Waals surface area contributed by atoms with Gasteiger partial charge in [0, 0.05) is 0 Å². The quantitative estimate of drug-likeness (QED) is 0.565. The fraction of sp³-hybridized carbons (Fsp3) is 0.571. The Morgan fingerprint density at radius 3 is 2.00 bits per heavy atom. The molecule has 1 heterocycles. The Balaban J connectivity index is 0.000000218.